The molecule has 0 spiro atoms. The van der Waals surface area contributed by atoms with Gasteiger partial charge in [0.1, 0.15) is 11.5 Å². The number of hydrogen-bond donors (Lipinski definition) is 2. The zero-order valence-corrected chi connectivity index (χ0v) is 15.7. The number of benzene rings is 2. The number of rotatable bonds is 6. The van der Waals surface area contributed by atoms with E-state index in [2.05, 4.69) is 15.6 Å². The van der Waals surface area contributed by atoms with Crippen molar-refractivity contribution in [3.05, 3.63) is 48.7 Å². The molecule has 3 aromatic rings. The summed E-state index contributed by atoms with van der Waals surface area (Å²) < 4.78 is 16.7. The van der Waals surface area contributed by atoms with Gasteiger partial charge in [-0.3, -0.25) is 4.98 Å². The Labute approximate surface area is 162 Å². The molecule has 2 aromatic carbocycles. The minimum Gasteiger partial charge on any atom is -0.493 e. The van der Waals surface area contributed by atoms with E-state index in [1.54, 1.807) is 50.7 Å². The Morgan fingerprint density at radius 2 is 1.71 bits per heavy atom. The Bertz CT molecular complexity index is 1000. The maximum Gasteiger partial charge on any atom is 0.319 e. The maximum absolute atomic E-state index is 11.8. The largest absolute Gasteiger partial charge is 0.493 e. The number of pyridine rings is 1. The minimum atomic E-state index is -0.183. The number of carbonyl (C=O) groups is 1. The van der Waals surface area contributed by atoms with Crippen molar-refractivity contribution in [3.63, 3.8) is 0 Å². The molecule has 0 radical (unpaired) electrons. The van der Waals surface area contributed by atoms with E-state index >= 15 is 0 Å². The van der Waals surface area contributed by atoms with E-state index in [9.17, 15) is 4.79 Å². The summed E-state index contributed by atoms with van der Waals surface area (Å²) in [7, 11) is 3.18. The SMILES string of the molecule is COc1cc2nccc(Oc3ccc(NC(=O)NC4CC4)cc3)c2cc1OC. The Hall–Kier alpha value is -3.48. The maximum atomic E-state index is 11.8. The van der Waals surface area contributed by atoms with Gasteiger partial charge in [-0.25, -0.2) is 4.79 Å². The normalized spacial score (nSPS) is 13.1. The summed E-state index contributed by atoms with van der Waals surface area (Å²) in [6.45, 7) is 0. The van der Waals surface area contributed by atoms with Gasteiger partial charge in [0.25, 0.3) is 0 Å². The quantitative estimate of drug-likeness (QED) is 0.666. The van der Waals surface area contributed by atoms with Crippen LogP contribution in [0.15, 0.2) is 48.7 Å². The first-order chi connectivity index (χ1) is 13.7. The summed E-state index contributed by atoms with van der Waals surface area (Å²) in [5.41, 5.74) is 1.45. The van der Waals surface area contributed by atoms with E-state index in [-0.39, 0.29) is 6.03 Å². The lowest BCUT2D eigenvalue weighted by Gasteiger charge is -2.13. The molecule has 7 heteroatoms. The van der Waals surface area contributed by atoms with E-state index in [1.807, 2.05) is 12.1 Å². The van der Waals surface area contributed by atoms with Crippen LogP contribution in [0.3, 0.4) is 0 Å². The van der Waals surface area contributed by atoms with Gasteiger partial charge in [0, 0.05) is 29.4 Å². The van der Waals surface area contributed by atoms with E-state index < -0.39 is 0 Å². The fourth-order valence-electron chi connectivity index (χ4n) is 2.85. The van der Waals surface area contributed by atoms with Gasteiger partial charge in [0.2, 0.25) is 0 Å². The number of ether oxygens (including phenoxy) is 3. The van der Waals surface area contributed by atoms with E-state index in [0.29, 0.717) is 34.7 Å². The second kappa shape index (κ2) is 7.64. The molecular weight excluding hydrogens is 358 g/mol. The average Bonchev–Trinajstić information content (AvgIpc) is 3.52. The van der Waals surface area contributed by atoms with Gasteiger partial charge in [-0.1, -0.05) is 0 Å². The molecule has 144 valence electrons. The molecule has 1 heterocycles. The van der Waals surface area contributed by atoms with Gasteiger partial charge in [0.15, 0.2) is 11.5 Å². The van der Waals surface area contributed by atoms with Gasteiger partial charge in [-0.2, -0.15) is 0 Å². The standard InChI is InChI=1S/C21H21N3O4/c1-26-19-11-16-17(12-20(19)27-2)22-10-9-18(16)28-15-7-5-14(6-8-15)24-21(25)23-13-3-4-13/h5-13H,3-4H2,1-2H3,(H2,23,24,25). The van der Waals surface area contributed by atoms with Crippen molar-refractivity contribution in [2.24, 2.45) is 0 Å². The Morgan fingerprint density at radius 3 is 2.39 bits per heavy atom. The molecule has 0 atom stereocenters. The zero-order chi connectivity index (χ0) is 19.5. The second-order valence-corrected chi connectivity index (χ2v) is 6.53. The second-order valence-electron chi connectivity index (χ2n) is 6.53. The lowest BCUT2D eigenvalue weighted by atomic mass is 10.2. The van der Waals surface area contributed by atoms with Crippen molar-refractivity contribution < 1.29 is 19.0 Å². The van der Waals surface area contributed by atoms with Gasteiger partial charge in [-0.05, 0) is 49.2 Å². The lowest BCUT2D eigenvalue weighted by molar-refractivity contribution is 0.251. The van der Waals surface area contributed by atoms with Gasteiger partial charge < -0.3 is 24.8 Å². The summed E-state index contributed by atoms with van der Waals surface area (Å²) in [4.78, 5) is 16.2. The first-order valence-corrected chi connectivity index (χ1v) is 9.02. The van der Waals surface area contributed by atoms with Crippen LogP contribution in [0.2, 0.25) is 0 Å². The highest BCUT2D eigenvalue weighted by molar-refractivity contribution is 5.90. The fourth-order valence-corrected chi connectivity index (χ4v) is 2.85. The fraction of sp³-hybridized carbons (Fsp3) is 0.238. The third-order valence-electron chi connectivity index (χ3n) is 4.46. The molecular formula is C21H21N3O4. The van der Waals surface area contributed by atoms with Crippen molar-refractivity contribution in [2.45, 2.75) is 18.9 Å². The van der Waals surface area contributed by atoms with E-state index in [1.165, 1.54) is 0 Å². The van der Waals surface area contributed by atoms with Crippen molar-refractivity contribution in [2.75, 3.05) is 19.5 Å². The number of urea groups is 1. The van der Waals surface area contributed by atoms with Gasteiger partial charge in [0.05, 0.1) is 19.7 Å². The van der Waals surface area contributed by atoms with Crippen LogP contribution in [0, 0.1) is 0 Å². The van der Waals surface area contributed by atoms with Crippen LogP contribution in [0.1, 0.15) is 12.8 Å². The Kier molecular flexibility index (Phi) is 4.89. The smallest absolute Gasteiger partial charge is 0.319 e. The van der Waals surface area contributed by atoms with Crippen LogP contribution >= 0.6 is 0 Å². The summed E-state index contributed by atoms with van der Waals surface area (Å²) in [6.07, 6.45) is 3.79. The lowest BCUT2D eigenvalue weighted by Crippen LogP contribution is -2.30. The van der Waals surface area contributed by atoms with Gasteiger partial charge in [-0.15, -0.1) is 0 Å². The number of nitrogens with one attached hydrogen (secondary N) is 2. The highest BCUT2D eigenvalue weighted by Crippen LogP contribution is 2.36. The summed E-state index contributed by atoms with van der Waals surface area (Å²) >= 11 is 0. The molecule has 0 bridgehead atoms. The number of fused-ring (bicyclic) bond motifs is 1. The predicted octanol–water partition coefficient (Wildman–Crippen LogP) is 4.33. The molecule has 0 unspecified atom stereocenters. The molecule has 1 fully saturated rings. The summed E-state index contributed by atoms with van der Waals surface area (Å²) in [5.74, 6) is 2.52. The summed E-state index contributed by atoms with van der Waals surface area (Å²) in [5, 5.41) is 6.51. The molecule has 1 aliphatic carbocycles. The van der Waals surface area contributed by atoms with Crippen molar-refractivity contribution >= 4 is 22.6 Å². The van der Waals surface area contributed by atoms with E-state index in [4.69, 9.17) is 14.2 Å². The van der Waals surface area contributed by atoms with Crippen molar-refractivity contribution in [3.8, 4) is 23.0 Å². The molecule has 2 amide bonds. The number of nitrogens with zero attached hydrogens (tertiary/aromatic N) is 1. The molecule has 1 aromatic heterocycles. The molecule has 1 saturated carbocycles. The third-order valence-corrected chi connectivity index (χ3v) is 4.46. The van der Waals surface area contributed by atoms with Crippen LogP contribution < -0.4 is 24.8 Å². The molecule has 4 rings (SSSR count). The highest BCUT2D eigenvalue weighted by atomic mass is 16.5. The monoisotopic (exact) mass is 379 g/mol. The van der Waals surface area contributed by atoms with Crippen LogP contribution in [0.5, 0.6) is 23.0 Å². The molecule has 0 aliphatic heterocycles. The first kappa shape index (κ1) is 17.9. The van der Waals surface area contributed by atoms with E-state index in [0.717, 1.165) is 23.7 Å². The summed E-state index contributed by atoms with van der Waals surface area (Å²) in [6, 6.07) is 12.8. The van der Waals surface area contributed by atoms with Crippen LogP contribution in [-0.2, 0) is 0 Å². The number of amides is 2. The van der Waals surface area contributed by atoms with Crippen molar-refractivity contribution in [1.82, 2.24) is 10.3 Å². The van der Waals surface area contributed by atoms with Crippen molar-refractivity contribution in [1.29, 1.82) is 0 Å². The molecule has 1 aliphatic rings. The third kappa shape index (κ3) is 3.93. The minimum absolute atomic E-state index is 0.183. The van der Waals surface area contributed by atoms with Crippen LogP contribution in [0.4, 0.5) is 10.5 Å². The molecule has 7 nitrogen and oxygen atoms in total. The number of anilines is 1. The Balaban J connectivity index is 1.53. The highest BCUT2D eigenvalue weighted by Gasteiger charge is 2.23. The molecule has 0 saturated heterocycles. The number of carbonyl (C=O) groups excluding carboxylic acids is 1. The topological polar surface area (TPSA) is 81.7 Å². The van der Waals surface area contributed by atoms with Gasteiger partial charge >= 0.3 is 6.03 Å². The first-order valence-electron chi connectivity index (χ1n) is 9.02. The number of hydrogen-bond acceptors (Lipinski definition) is 5. The number of aromatic nitrogens is 1. The zero-order valence-electron chi connectivity index (χ0n) is 15.7. The average molecular weight is 379 g/mol. The molecule has 2 N–H and O–H groups in total. The number of methoxy groups -OCH3 is 2. The molecule has 28 heavy (non-hydrogen) atoms. The predicted molar refractivity (Wildman–Crippen MR) is 107 cm³/mol. The van der Waals surface area contributed by atoms with Crippen LogP contribution in [0.25, 0.3) is 10.9 Å². The van der Waals surface area contributed by atoms with Crippen LogP contribution in [-0.4, -0.2) is 31.3 Å². The Morgan fingerprint density at radius 1 is 1.00 bits per heavy atom.